The molecule has 2 N–H and O–H groups in total. The van der Waals surface area contributed by atoms with Crippen molar-refractivity contribution < 1.29 is 28.6 Å². The van der Waals surface area contributed by atoms with E-state index < -0.39 is 29.5 Å². The van der Waals surface area contributed by atoms with Gasteiger partial charge in [-0.25, -0.2) is 24.1 Å². The van der Waals surface area contributed by atoms with Crippen molar-refractivity contribution >= 4 is 34.8 Å². The molecule has 11 nitrogen and oxygen atoms in total. The number of nitrogens with one attached hydrogen (secondary N) is 1. The summed E-state index contributed by atoms with van der Waals surface area (Å²) in [5.74, 6) is -0.397. The minimum absolute atomic E-state index is 0.00376. The SMILES string of the molecule is C[C@@H](O)[C@H]1CN(c2ccc(Nc3ccc(-c4cnc5cc(F)ccn45)c4c3C(=O)N(C(=O)OC(C)(C)C)C4)nc2)CCO1. The number of aliphatic hydroxyl groups is 1. The molecule has 0 unspecified atom stereocenters. The molecule has 2 aliphatic rings. The molecule has 1 fully saturated rings. The predicted octanol–water partition coefficient (Wildman–Crippen LogP) is 4.76. The third-order valence-corrected chi connectivity index (χ3v) is 7.46. The van der Waals surface area contributed by atoms with E-state index in [1.807, 2.05) is 18.2 Å². The van der Waals surface area contributed by atoms with Gasteiger partial charge in [0.05, 0.1) is 54.3 Å². The molecular weight excluding hydrogens is 555 g/mol. The van der Waals surface area contributed by atoms with Crippen LogP contribution in [-0.4, -0.2) is 73.9 Å². The molecule has 1 saturated heterocycles. The van der Waals surface area contributed by atoms with Gasteiger partial charge < -0.3 is 24.8 Å². The molecule has 2 aliphatic heterocycles. The second-order valence-corrected chi connectivity index (χ2v) is 11.7. The van der Waals surface area contributed by atoms with E-state index in [2.05, 4.69) is 20.2 Å². The van der Waals surface area contributed by atoms with Crippen LogP contribution in [-0.2, 0) is 16.0 Å². The molecule has 1 aromatic carbocycles. The Morgan fingerprint density at radius 2 is 2.00 bits per heavy atom. The highest BCUT2D eigenvalue weighted by atomic mass is 19.1. The number of ether oxygens (including phenoxy) is 2. The molecule has 12 heteroatoms. The number of hydrogen-bond donors (Lipinski definition) is 2. The molecule has 0 bridgehead atoms. The lowest BCUT2D eigenvalue weighted by Gasteiger charge is -2.35. The van der Waals surface area contributed by atoms with Crippen molar-refractivity contribution in [2.24, 2.45) is 0 Å². The summed E-state index contributed by atoms with van der Waals surface area (Å²) in [5.41, 5.74) is 3.27. The molecule has 0 radical (unpaired) electrons. The number of halogens is 1. The van der Waals surface area contributed by atoms with Crippen LogP contribution in [0.15, 0.2) is 55.0 Å². The number of fused-ring (bicyclic) bond motifs is 2. The summed E-state index contributed by atoms with van der Waals surface area (Å²) in [6.45, 7) is 8.66. The minimum atomic E-state index is -0.789. The van der Waals surface area contributed by atoms with E-state index in [-0.39, 0.29) is 12.6 Å². The van der Waals surface area contributed by atoms with Crippen LogP contribution >= 0.6 is 0 Å². The number of pyridine rings is 2. The first-order valence-electron chi connectivity index (χ1n) is 14.1. The first kappa shape index (κ1) is 28.6. The molecule has 43 heavy (non-hydrogen) atoms. The second-order valence-electron chi connectivity index (χ2n) is 11.7. The summed E-state index contributed by atoms with van der Waals surface area (Å²) in [6, 6.07) is 10.0. The first-order valence-corrected chi connectivity index (χ1v) is 14.1. The maximum absolute atomic E-state index is 13.8. The van der Waals surface area contributed by atoms with Crippen molar-refractivity contribution in [3.8, 4) is 11.3 Å². The molecule has 2 atom stereocenters. The lowest BCUT2D eigenvalue weighted by Crippen LogP contribution is -2.47. The molecule has 3 aromatic heterocycles. The summed E-state index contributed by atoms with van der Waals surface area (Å²) in [7, 11) is 0. The fraction of sp³-hybridized carbons (Fsp3) is 0.355. The zero-order valence-electron chi connectivity index (χ0n) is 24.4. The van der Waals surface area contributed by atoms with Gasteiger partial charge in [0.2, 0.25) is 0 Å². The van der Waals surface area contributed by atoms with Crippen LogP contribution in [0.5, 0.6) is 0 Å². The number of carbonyl (C=O) groups is 2. The Labute approximate surface area is 247 Å². The fourth-order valence-corrected chi connectivity index (χ4v) is 5.37. The van der Waals surface area contributed by atoms with Crippen LogP contribution in [0.4, 0.5) is 26.4 Å². The quantitative estimate of drug-likeness (QED) is 0.340. The Kier molecular flexibility index (Phi) is 7.26. The summed E-state index contributed by atoms with van der Waals surface area (Å²) >= 11 is 0. The van der Waals surface area contributed by atoms with E-state index in [0.29, 0.717) is 59.2 Å². The van der Waals surface area contributed by atoms with E-state index >= 15 is 0 Å². The highest BCUT2D eigenvalue weighted by Crippen LogP contribution is 2.39. The minimum Gasteiger partial charge on any atom is -0.443 e. The summed E-state index contributed by atoms with van der Waals surface area (Å²) < 4.78 is 26.8. The summed E-state index contributed by atoms with van der Waals surface area (Å²) in [6.07, 6.45) is 3.33. The number of imidazole rings is 1. The third kappa shape index (κ3) is 5.63. The molecule has 224 valence electrons. The van der Waals surface area contributed by atoms with E-state index in [0.717, 1.165) is 10.6 Å². The number of morpholine rings is 1. The Bertz CT molecular complexity index is 1700. The zero-order valence-corrected chi connectivity index (χ0v) is 24.4. The van der Waals surface area contributed by atoms with Gasteiger partial charge >= 0.3 is 6.09 Å². The Balaban J connectivity index is 1.34. The maximum Gasteiger partial charge on any atom is 0.417 e. The van der Waals surface area contributed by atoms with Crippen LogP contribution in [0.2, 0.25) is 0 Å². The van der Waals surface area contributed by atoms with E-state index in [4.69, 9.17) is 9.47 Å². The van der Waals surface area contributed by atoms with Gasteiger partial charge in [-0.05, 0) is 57.5 Å². The van der Waals surface area contributed by atoms with E-state index in [9.17, 15) is 19.1 Å². The fourth-order valence-electron chi connectivity index (χ4n) is 5.37. The molecule has 0 aliphatic carbocycles. The standard InChI is InChI=1S/C31H33FN6O5/c1-18(39)25-17-36(11-12-42-25)20-5-8-26(33-14-20)35-23-7-6-21(24-15-34-27-13-19(32)9-10-37(24)27)22-16-38(29(40)28(22)23)30(41)43-31(2,3)4/h5-10,13-15,18,25,39H,11-12,16-17H2,1-4H3,(H,33,35)/t18-,25-/m1/s1. The lowest BCUT2D eigenvalue weighted by atomic mass is 9.99. The Morgan fingerprint density at radius 3 is 2.72 bits per heavy atom. The van der Waals surface area contributed by atoms with Gasteiger partial charge in [0, 0.05) is 30.9 Å². The number of rotatable bonds is 5. The zero-order chi connectivity index (χ0) is 30.5. The summed E-state index contributed by atoms with van der Waals surface area (Å²) in [4.78, 5) is 38.9. The number of hydrogen-bond acceptors (Lipinski definition) is 9. The molecule has 6 rings (SSSR count). The van der Waals surface area contributed by atoms with Crippen molar-refractivity contribution in [1.82, 2.24) is 19.3 Å². The largest absolute Gasteiger partial charge is 0.443 e. The molecule has 5 heterocycles. The normalized spacial score (nSPS) is 17.7. The van der Waals surface area contributed by atoms with Crippen LogP contribution in [0.1, 0.15) is 43.6 Å². The molecule has 2 amide bonds. The number of aliphatic hydroxyl groups excluding tert-OH is 1. The predicted molar refractivity (Wildman–Crippen MR) is 158 cm³/mol. The topological polar surface area (TPSA) is 122 Å². The van der Waals surface area contributed by atoms with Gasteiger partial charge in [0.25, 0.3) is 5.91 Å². The Morgan fingerprint density at radius 1 is 1.19 bits per heavy atom. The van der Waals surface area contributed by atoms with Crippen molar-refractivity contribution in [1.29, 1.82) is 0 Å². The van der Waals surface area contributed by atoms with Gasteiger partial charge in [-0.1, -0.05) is 6.07 Å². The molecule has 0 saturated carbocycles. The monoisotopic (exact) mass is 588 g/mol. The second kappa shape index (κ2) is 10.9. The smallest absolute Gasteiger partial charge is 0.417 e. The van der Waals surface area contributed by atoms with Crippen molar-refractivity contribution in [2.75, 3.05) is 29.9 Å². The molecule has 4 aromatic rings. The van der Waals surface area contributed by atoms with E-state index in [1.165, 1.54) is 12.1 Å². The molecule has 0 spiro atoms. The van der Waals surface area contributed by atoms with E-state index in [1.54, 1.807) is 56.8 Å². The van der Waals surface area contributed by atoms with Gasteiger partial charge in [-0.2, -0.15) is 0 Å². The average Bonchev–Trinajstić information content (AvgIpc) is 3.54. The highest BCUT2D eigenvalue weighted by molar-refractivity contribution is 6.11. The van der Waals surface area contributed by atoms with Gasteiger partial charge in [-0.3, -0.25) is 9.20 Å². The lowest BCUT2D eigenvalue weighted by molar-refractivity contribution is -0.0364. The number of imide groups is 1. The Hall–Kier alpha value is -4.55. The third-order valence-electron chi connectivity index (χ3n) is 7.46. The van der Waals surface area contributed by atoms with Crippen LogP contribution in [0.25, 0.3) is 16.9 Å². The van der Waals surface area contributed by atoms with Gasteiger partial charge in [0.15, 0.2) is 0 Å². The van der Waals surface area contributed by atoms with Crippen LogP contribution in [0, 0.1) is 5.82 Å². The van der Waals surface area contributed by atoms with Crippen molar-refractivity contribution in [2.45, 2.75) is 52.0 Å². The number of aromatic nitrogens is 3. The molecular formula is C31H33FN6O5. The van der Waals surface area contributed by atoms with Gasteiger partial charge in [-0.15, -0.1) is 0 Å². The number of nitrogens with zero attached hydrogens (tertiary/aromatic N) is 5. The average molecular weight is 589 g/mol. The number of anilines is 3. The highest BCUT2D eigenvalue weighted by Gasteiger charge is 2.39. The van der Waals surface area contributed by atoms with Gasteiger partial charge in [0.1, 0.15) is 29.0 Å². The number of carbonyl (C=O) groups excluding carboxylic acids is 2. The number of benzene rings is 1. The first-order chi connectivity index (χ1) is 20.5. The van der Waals surface area contributed by atoms with Crippen LogP contribution < -0.4 is 10.2 Å². The summed E-state index contributed by atoms with van der Waals surface area (Å²) in [5, 5.41) is 13.2. The van der Waals surface area contributed by atoms with Crippen LogP contribution in [0.3, 0.4) is 0 Å². The van der Waals surface area contributed by atoms with Crippen molar-refractivity contribution in [3.05, 3.63) is 71.9 Å². The number of amides is 2. The maximum atomic E-state index is 13.8. The van der Waals surface area contributed by atoms with Crippen molar-refractivity contribution in [3.63, 3.8) is 0 Å².